The number of rotatable bonds is 9. The van der Waals surface area contributed by atoms with Crippen LogP contribution in [-0.4, -0.2) is 50.0 Å². The second kappa shape index (κ2) is 11.5. The molecule has 1 atom stereocenters. The fraction of sp³-hybridized carbons (Fsp3) is 0.160. The van der Waals surface area contributed by atoms with E-state index in [0.717, 1.165) is 16.7 Å². The number of carbonyl (C=O) groups excluding carboxylic acids is 2. The van der Waals surface area contributed by atoms with Crippen LogP contribution >= 0.6 is 0 Å². The number of hydrogen-bond acceptors (Lipinski definition) is 7. The van der Waals surface area contributed by atoms with Gasteiger partial charge < -0.3 is 15.2 Å². The first-order chi connectivity index (χ1) is 17.2. The molecule has 1 heterocycles. The Morgan fingerprint density at radius 1 is 0.886 bits per heavy atom. The third-order valence-corrected chi connectivity index (χ3v) is 5.21. The number of nitrogens with one attached hydrogen (secondary N) is 2. The SMILES string of the molecule is O=C(N[C@@H](CO)C(=O)Nc1nnnn1C(c1ccccc1)c1ccccc1)OCc1ccccc1. The topological polar surface area (TPSA) is 131 Å². The van der Waals surface area contributed by atoms with Gasteiger partial charge in [0.15, 0.2) is 0 Å². The molecule has 0 fully saturated rings. The van der Waals surface area contributed by atoms with Gasteiger partial charge in [-0.05, 0) is 27.1 Å². The summed E-state index contributed by atoms with van der Waals surface area (Å²) in [6, 6.07) is 26.6. The second-order valence-corrected chi connectivity index (χ2v) is 7.60. The summed E-state index contributed by atoms with van der Waals surface area (Å²) < 4.78 is 6.61. The molecule has 1 aromatic heterocycles. The van der Waals surface area contributed by atoms with Crippen molar-refractivity contribution < 1.29 is 19.4 Å². The van der Waals surface area contributed by atoms with Crippen molar-refractivity contribution >= 4 is 17.9 Å². The molecule has 10 heteroatoms. The van der Waals surface area contributed by atoms with Gasteiger partial charge in [-0.2, -0.15) is 4.68 Å². The highest BCUT2D eigenvalue weighted by atomic mass is 16.5. The van der Waals surface area contributed by atoms with Crippen molar-refractivity contribution in [2.45, 2.75) is 18.7 Å². The molecule has 2 amide bonds. The highest BCUT2D eigenvalue weighted by Gasteiger charge is 2.26. The zero-order valence-corrected chi connectivity index (χ0v) is 18.7. The maximum Gasteiger partial charge on any atom is 0.408 e. The smallest absolute Gasteiger partial charge is 0.408 e. The maximum absolute atomic E-state index is 12.8. The number of alkyl carbamates (subject to hydrolysis) is 1. The lowest BCUT2D eigenvalue weighted by Gasteiger charge is -2.20. The van der Waals surface area contributed by atoms with Gasteiger partial charge in [-0.1, -0.05) is 96.1 Å². The molecule has 0 radical (unpaired) electrons. The van der Waals surface area contributed by atoms with Crippen molar-refractivity contribution in [1.29, 1.82) is 0 Å². The molecule has 10 nitrogen and oxygen atoms in total. The summed E-state index contributed by atoms with van der Waals surface area (Å²) in [7, 11) is 0. The van der Waals surface area contributed by atoms with E-state index in [1.807, 2.05) is 78.9 Å². The quantitative estimate of drug-likeness (QED) is 0.341. The highest BCUT2D eigenvalue weighted by Crippen LogP contribution is 2.27. The Balaban J connectivity index is 1.48. The molecule has 0 aliphatic carbocycles. The lowest BCUT2D eigenvalue weighted by molar-refractivity contribution is -0.119. The Morgan fingerprint density at radius 2 is 1.46 bits per heavy atom. The molecule has 0 aliphatic rings. The molecule has 0 saturated carbocycles. The van der Waals surface area contributed by atoms with Crippen molar-refractivity contribution in [3.8, 4) is 0 Å². The predicted molar refractivity (Wildman–Crippen MR) is 127 cm³/mol. The molecule has 0 spiro atoms. The number of carbonyl (C=O) groups is 2. The summed E-state index contributed by atoms with van der Waals surface area (Å²) in [5.41, 5.74) is 2.60. The van der Waals surface area contributed by atoms with Crippen molar-refractivity contribution in [1.82, 2.24) is 25.5 Å². The first-order valence-corrected chi connectivity index (χ1v) is 10.9. The van der Waals surface area contributed by atoms with Crippen LogP contribution in [-0.2, 0) is 16.1 Å². The number of ether oxygens (including phenoxy) is 1. The average Bonchev–Trinajstić information content (AvgIpc) is 3.35. The molecule has 4 aromatic rings. The molecular formula is C25H24N6O4. The zero-order valence-electron chi connectivity index (χ0n) is 18.7. The Labute approximate surface area is 201 Å². The van der Waals surface area contributed by atoms with Crippen LogP contribution in [0.2, 0.25) is 0 Å². The lowest BCUT2D eigenvalue weighted by atomic mass is 9.99. The van der Waals surface area contributed by atoms with E-state index in [2.05, 4.69) is 26.2 Å². The molecule has 3 N–H and O–H groups in total. The van der Waals surface area contributed by atoms with Gasteiger partial charge in [0.1, 0.15) is 18.7 Å². The number of nitrogens with zero attached hydrogens (tertiary/aromatic N) is 4. The summed E-state index contributed by atoms with van der Waals surface area (Å²) >= 11 is 0. The fourth-order valence-electron chi connectivity index (χ4n) is 3.49. The molecular weight excluding hydrogens is 448 g/mol. The van der Waals surface area contributed by atoms with Crippen LogP contribution in [0.4, 0.5) is 10.7 Å². The molecule has 35 heavy (non-hydrogen) atoms. The number of aliphatic hydroxyl groups excluding tert-OH is 1. The number of aromatic nitrogens is 4. The lowest BCUT2D eigenvalue weighted by Crippen LogP contribution is -2.46. The van der Waals surface area contributed by atoms with Crippen LogP contribution in [0.1, 0.15) is 22.7 Å². The normalized spacial score (nSPS) is 11.6. The predicted octanol–water partition coefficient (Wildman–Crippen LogP) is 2.54. The van der Waals surface area contributed by atoms with Crippen molar-refractivity contribution in [2.75, 3.05) is 11.9 Å². The number of amides is 2. The van der Waals surface area contributed by atoms with Crippen LogP contribution in [0.5, 0.6) is 0 Å². The summed E-state index contributed by atoms with van der Waals surface area (Å²) in [6.07, 6.45) is -0.839. The van der Waals surface area contributed by atoms with E-state index < -0.39 is 30.7 Å². The number of anilines is 1. The van der Waals surface area contributed by atoms with Crippen LogP contribution in [0.25, 0.3) is 0 Å². The highest BCUT2D eigenvalue weighted by molar-refractivity contribution is 5.95. The van der Waals surface area contributed by atoms with Gasteiger partial charge in [-0.3, -0.25) is 10.1 Å². The number of tetrazole rings is 1. The van der Waals surface area contributed by atoms with E-state index in [1.54, 1.807) is 12.1 Å². The zero-order chi connectivity index (χ0) is 24.5. The summed E-state index contributed by atoms with van der Waals surface area (Å²) in [5.74, 6) is -0.634. The van der Waals surface area contributed by atoms with Crippen LogP contribution in [0, 0.1) is 0 Å². The largest absolute Gasteiger partial charge is 0.445 e. The molecule has 178 valence electrons. The average molecular weight is 473 g/mol. The van der Waals surface area contributed by atoms with Crippen LogP contribution in [0.3, 0.4) is 0 Å². The van der Waals surface area contributed by atoms with Crippen molar-refractivity contribution in [3.63, 3.8) is 0 Å². The van der Waals surface area contributed by atoms with E-state index in [1.165, 1.54) is 4.68 Å². The van der Waals surface area contributed by atoms with Crippen LogP contribution < -0.4 is 10.6 Å². The van der Waals surface area contributed by atoms with E-state index in [4.69, 9.17) is 4.74 Å². The molecule has 0 unspecified atom stereocenters. The summed E-state index contributed by atoms with van der Waals surface area (Å²) in [4.78, 5) is 25.0. The van der Waals surface area contributed by atoms with Gasteiger partial charge in [0.2, 0.25) is 0 Å². The van der Waals surface area contributed by atoms with Crippen molar-refractivity contribution in [2.24, 2.45) is 0 Å². The molecule has 4 rings (SSSR count). The van der Waals surface area contributed by atoms with Crippen LogP contribution in [0.15, 0.2) is 91.0 Å². The summed E-state index contributed by atoms with van der Waals surface area (Å²) in [5, 5.41) is 26.4. The first kappa shape index (κ1) is 23.6. The number of hydrogen-bond donors (Lipinski definition) is 3. The van der Waals surface area contributed by atoms with Gasteiger partial charge >= 0.3 is 6.09 Å². The third kappa shape index (κ3) is 6.06. The Bertz CT molecular complexity index is 1200. The maximum atomic E-state index is 12.8. The van der Waals surface area contributed by atoms with E-state index >= 15 is 0 Å². The number of benzene rings is 3. The van der Waals surface area contributed by atoms with E-state index in [9.17, 15) is 14.7 Å². The van der Waals surface area contributed by atoms with Gasteiger partial charge in [0, 0.05) is 0 Å². The minimum Gasteiger partial charge on any atom is -0.445 e. The van der Waals surface area contributed by atoms with E-state index in [0.29, 0.717) is 0 Å². The van der Waals surface area contributed by atoms with Gasteiger partial charge in [-0.15, -0.1) is 0 Å². The number of aliphatic hydroxyl groups is 1. The van der Waals surface area contributed by atoms with Gasteiger partial charge in [0.05, 0.1) is 6.61 Å². The second-order valence-electron chi connectivity index (χ2n) is 7.60. The molecule has 0 saturated heterocycles. The fourth-order valence-corrected chi connectivity index (χ4v) is 3.49. The molecule has 0 bridgehead atoms. The Hall–Kier alpha value is -4.57. The Morgan fingerprint density at radius 3 is 2.03 bits per heavy atom. The third-order valence-electron chi connectivity index (χ3n) is 5.21. The minimum atomic E-state index is -1.27. The monoisotopic (exact) mass is 472 g/mol. The van der Waals surface area contributed by atoms with E-state index in [-0.39, 0.29) is 12.6 Å². The van der Waals surface area contributed by atoms with Crippen molar-refractivity contribution in [3.05, 3.63) is 108 Å². The molecule has 0 aliphatic heterocycles. The first-order valence-electron chi connectivity index (χ1n) is 10.9. The Kier molecular flexibility index (Phi) is 7.77. The standard InChI is InChI=1S/C25H24N6O4/c32-16-21(26-25(34)35-17-18-10-4-1-5-11-18)23(33)27-24-28-29-30-31(24)22(19-12-6-2-7-13-19)20-14-8-3-9-15-20/h1-15,21-22,32H,16-17H2,(H,26,34)(H,27,28,30,33)/t21-/m0/s1. The molecule has 3 aromatic carbocycles. The van der Waals surface area contributed by atoms with Gasteiger partial charge in [0.25, 0.3) is 11.9 Å². The summed E-state index contributed by atoms with van der Waals surface area (Å²) in [6.45, 7) is -0.616. The van der Waals surface area contributed by atoms with Gasteiger partial charge in [-0.25, -0.2) is 4.79 Å². The minimum absolute atomic E-state index is 0.0283.